The first-order valence-electron chi connectivity index (χ1n) is 4.73. The topological polar surface area (TPSA) is 24.9 Å². The minimum absolute atomic E-state index is 0.702. The predicted molar refractivity (Wildman–Crippen MR) is 58.2 cm³/mol. The van der Waals surface area contributed by atoms with Crippen molar-refractivity contribution in [1.29, 1.82) is 0 Å². The normalized spacial score (nSPS) is 11.2. The highest BCUT2D eigenvalue weighted by Crippen LogP contribution is 2.19. The second kappa shape index (κ2) is 4.72. The van der Waals surface area contributed by atoms with E-state index in [0.29, 0.717) is 5.92 Å². The lowest BCUT2D eigenvalue weighted by Crippen LogP contribution is -2.06. The van der Waals surface area contributed by atoms with Crippen molar-refractivity contribution in [2.75, 3.05) is 7.05 Å². The van der Waals surface area contributed by atoms with E-state index < -0.39 is 0 Å². The van der Waals surface area contributed by atoms with Crippen LogP contribution in [0.5, 0.6) is 0 Å². The van der Waals surface area contributed by atoms with Gasteiger partial charge in [-0.05, 0) is 19.9 Å². The first-order valence-corrected chi connectivity index (χ1v) is 5.55. The summed E-state index contributed by atoms with van der Waals surface area (Å²) in [5.74, 6) is 0.702. The average molecular weight is 198 g/mol. The minimum atomic E-state index is 0.702. The molecule has 0 radical (unpaired) electrons. The SMILES string of the molecule is CNCc1nc(CC(C)C)sc1C. The molecule has 0 spiro atoms. The van der Waals surface area contributed by atoms with Crippen LogP contribution in [0.4, 0.5) is 0 Å². The molecule has 13 heavy (non-hydrogen) atoms. The maximum atomic E-state index is 4.60. The van der Waals surface area contributed by atoms with Gasteiger partial charge < -0.3 is 5.32 Å². The lowest BCUT2D eigenvalue weighted by molar-refractivity contribution is 0.641. The zero-order valence-corrected chi connectivity index (χ0v) is 9.66. The maximum absolute atomic E-state index is 4.60. The summed E-state index contributed by atoms with van der Waals surface area (Å²) in [7, 11) is 1.96. The molecule has 0 saturated carbocycles. The van der Waals surface area contributed by atoms with E-state index in [-0.39, 0.29) is 0 Å². The van der Waals surface area contributed by atoms with E-state index in [0.717, 1.165) is 13.0 Å². The molecule has 0 aliphatic heterocycles. The fourth-order valence-electron chi connectivity index (χ4n) is 1.26. The Labute approximate surface area is 84.4 Å². The zero-order valence-electron chi connectivity index (χ0n) is 8.85. The summed E-state index contributed by atoms with van der Waals surface area (Å²) >= 11 is 1.83. The Kier molecular flexibility index (Phi) is 3.88. The third-order valence-corrected chi connectivity index (χ3v) is 2.90. The van der Waals surface area contributed by atoms with E-state index in [9.17, 15) is 0 Å². The average Bonchev–Trinajstić information content (AvgIpc) is 2.31. The van der Waals surface area contributed by atoms with Gasteiger partial charge >= 0.3 is 0 Å². The molecule has 0 bridgehead atoms. The van der Waals surface area contributed by atoms with E-state index in [4.69, 9.17) is 0 Å². The van der Waals surface area contributed by atoms with Crippen LogP contribution >= 0.6 is 11.3 Å². The van der Waals surface area contributed by atoms with Crippen LogP contribution in [0.15, 0.2) is 0 Å². The summed E-state index contributed by atoms with van der Waals surface area (Å²) in [5.41, 5.74) is 1.21. The molecular formula is C10H18N2S. The Morgan fingerprint density at radius 2 is 2.15 bits per heavy atom. The van der Waals surface area contributed by atoms with Crippen molar-refractivity contribution < 1.29 is 0 Å². The molecule has 0 fully saturated rings. The van der Waals surface area contributed by atoms with Gasteiger partial charge in [-0.15, -0.1) is 11.3 Å². The molecule has 1 aromatic rings. The van der Waals surface area contributed by atoms with E-state index in [1.54, 1.807) is 0 Å². The smallest absolute Gasteiger partial charge is 0.0934 e. The van der Waals surface area contributed by atoms with Crippen molar-refractivity contribution in [3.05, 3.63) is 15.6 Å². The first kappa shape index (κ1) is 10.7. The van der Waals surface area contributed by atoms with Crippen molar-refractivity contribution in [1.82, 2.24) is 10.3 Å². The number of aryl methyl sites for hydroxylation is 1. The molecule has 0 aliphatic carbocycles. The number of thiazole rings is 1. The second-order valence-electron chi connectivity index (χ2n) is 3.74. The molecule has 1 rings (SSSR count). The predicted octanol–water partition coefficient (Wildman–Crippen LogP) is 2.37. The second-order valence-corrected chi connectivity index (χ2v) is 5.03. The molecular weight excluding hydrogens is 180 g/mol. The van der Waals surface area contributed by atoms with Crippen LogP contribution in [0.1, 0.15) is 29.4 Å². The van der Waals surface area contributed by atoms with E-state index in [2.05, 4.69) is 31.1 Å². The molecule has 0 aromatic carbocycles. The Balaban J connectivity index is 2.70. The summed E-state index contributed by atoms with van der Waals surface area (Å²) in [5, 5.41) is 4.41. The summed E-state index contributed by atoms with van der Waals surface area (Å²) in [6.45, 7) is 7.50. The molecule has 1 heterocycles. The quantitative estimate of drug-likeness (QED) is 0.803. The van der Waals surface area contributed by atoms with E-state index in [1.165, 1.54) is 15.6 Å². The van der Waals surface area contributed by atoms with Gasteiger partial charge in [-0.3, -0.25) is 0 Å². The van der Waals surface area contributed by atoms with Gasteiger partial charge in [-0.2, -0.15) is 0 Å². The van der Waals surface area contributed by atoms with Crippen molar-refractivity contribution in [3.63, 3.8) is 0 Å². The molecule has 3 heteroatoms. The zero-order chi connectivity index (χ0) is 9.84. The van der Waals surface area contributed by atoms with E-state index >= 15 is 0 Å². The van der Waals surface area contributed by atoms with Crippen molar-refractivity contribution in [2.24, 2.45) is 5.92 Å². The molecule has 0 aliphatic rings. The lowest BCUT2D eigenvalue weighted by Gasteiger charge is -1.98. The van der Waals surface area contributed by atoms with Crippen LogP contribution in [0.2, 0.25) is 0 Å². The summed E-state index contributed by atoms with van der Waals surface area (Å²) in [6.07, 6.45) is 1.11. The van der Waals surface area contributed by atoms with Gasteiger partial charge in [0.25, 0.3) is 0 Å². The molecule has 0 atom stereocenters. The molecule has 0 amide bonds. The van der Waals surface area contributed by atoms with Gasteiger partial charge in [-0.1, -0.05) is 13.8 Å². The number of hydrogen-bond donors (Lipinski definition) is 1. The Morgan fingerprint density at radius 3 is 2.69 bits per heavy atom. The highest BCUT2D eigenvalue weighted by Gasteiger charge is 2.07. The van der Waals surface area contributed by atoms with Gasteiger partial charge in [0.1, 0.15) is 0 Å². The largest absolute Gasteiger partial charge is 0.314 e. The molecule has 1 N–H and O–H groups in total. The third-order valence-electron chi connectivity index (χ3n) is 1.86. The molecule has 0 saturated heterocycles. The van der Waals surface area contributed by atoms with Gasteiger partial charge in [0, 0.05) is 17.8 Å². The molecule has 2 nitrogen and oxygen atoms in total. The van der Waals surface area contributed by atoms with Crippen molar-refractivity contribution >= 4 is 11.3 Å². The summed E-state index contributed by atoms with van der Waals surface area (Å²) in [6, 6.07) is 0. The molecule has 1 aromatic heterocycles. The number of nitrogens with zero attached hydrogens (tertiary/aromatic N) is 1. The number of nitrogens with one attached hydrogen (secondary N) is 1. The van der Waals surface area contributed by atoms with Crippen LogP contribution in [0.25, 0.3) is 0 Å². The van der Waals surface area contributed by atoms with E-state index in [1.807, 2.05) is 18.4 Å². The number of aromatic nitrogens is 1. The monoisotopic (exact) mass is 198 g/mol. The summed E-state index contributed by atoms with van der Waals surface area (Å²) < 4.78 is 0. The van der Waals surface area contributed by atoms with Gasteiger partial charge in [0.15, 0.2) is 0 Å². The van der Waals surface area contributed by atoms with Crippen LogP contribution in [-0.2, 0) is 13.0 Å². The number of rotatable bonds is 4. The Bertz CT molecular complexity index is 266. The highest BCUT2D eigenvalue weighted by atomic mass is 32.1. The van der Waals surface area contributed by atoms with Crippen molar-refractivity contribution in [2.45, 2.75) is 33.7 Å². The Morgan fingerprint density at radius 1 is 1.46 bits per heavy atom. The Hall–Kier alpha value is -0.410. The van der Waals surface area contributed by atoms with Crippen LogP contribution < -0.4 is 5.32 Å². The van der Waals surface area contributed by atoms with Crippen molar-refractivity contribution in [3.8, 4) is 0 Å². The van der Waals surface area contributed by atoms with Gasteiger partial charge in [0.2, 0.25) is 0 Å². The first-order chi connectivity index (χ1) is 6.13. The highest BCUT2D eigenvalue weighted by molar-refractivity contribution is 7.11. The maximum Gasteiger partial charge on any atom is 0.0934 e. The van der Waals surface area contributed by atoms with Crippen LogP contribution in [0.3, 0.4) is 0 Å². The van der Waals surface area contributed by atoms with Crippen LogP contribution in [0, 0.1) is 12.8 Å². The molecule has 74 valence electrons. The van der Waals surface area contributed by atoms with Crippen LogP contribution in [-0.4, -0.2) is 12.0 Å². The fraction of sp³-hybridized carbons (Fsp3) is 0.700. The third kappa shape index (κ3) is 3.08. The van der Waals surface area contributed by atoms with Gasteiger partial charge in [-0.25, -0.2) is 4.98 Å². The number of hydrogen-bond acceptors (Lipinski definition) is 3. The lowest BCUT2D eigenvalue weighted by atomic mass is 10.1. The standard InChI is InChI=1S/C10H18N2S/c1-7(2)5-10-12-9(6-11-4)8(3)13-10/h7,11H,5-6H2,1-4H3. The fourth-order valence-corrected chi connectivity index (χ4v) is 2.42. The minimum Gasteiger partial charge on any atom is -0.314 e. The molecule has 0 unspecified atom stereocenters. The van der Waals surface area contributed by atoms with Gasteiger partial charge in [0.05, 0.1) is 10.7 Å². The summed E-state index contributed by atoms with van der Waals surface area (Å²) in [4.78, 5) is 5.95.